The van der Waals surface area contributed by atoms with E-state index in [0.717, 1.165) is 0 Å². The van der Waals surface area contributed by atoms with Crippen LogP contribution in [-0.4, -0.2) is 17.5 Å². The number of benzene rings is 1. The molecule has 3 rings (SSSR count). The van der Waals surface area contributed by atoms with Gasteiger partial charge < -0.3 is 9.90 Å². The summed E-state index contributed by atoms with van der Waals surface area (Å²) in [6, 6.07) is 6.61. The third-order valence-corrected chi connectivity index (χ3v) is 3.53. The van der Waals surface area contributed by atoms with E-state index in [1.54, 1.807) is 24.3 Å². The van der Waals surface area contributed by atoms with Crippen LogP contribution in [0.4, 0.5) is 0 Å². The molecule has 4 heteroatoms. The lowest BCUT2D eigenvalue weighted by Gasteiger charge is -2.29. The van der Waals surface area contributed by atoms with Crippen molar-refractivity contribution in [2.24, 2.45) is 11.8 Å². The highest BCUT2D eigenvalue weighted by atomic mass is 16.4. The molecule has 0 heterocycles. The van der Waals surface area contributed by atoms with E-state index in [0.29, 0.717) is 11.1 Å². The average molecular weight is 253 g/mol. The Morgan fingerprint density at radius 2 is 1.58 bits per heavy atom. The van der Waals surface area contributed by atoms with E-state index >= 15 is 0 Å². The maximum absolute atomic E-state index is 12.3. The van der Waals surface area contributed by atoms with Gasteiger partial charge in [0.25, 0.3) is 0 Å². The van der Waals surface area contributed by atoms with Crippen LogP contribution in [0.5, 0.6) is 0 Å². The van der Waals surface area contributed by atoms with Gasteiger partial charge in [-0.05, 0) is 5.57 Å². The molecule has 0 bridgehead atoms. The second kappa shape index (κ2) is 4.02. The van der Waals surface area contributed by atoms with Crippen LogP contribution in [-0.2, 0) is 4.79 Å². The van der Waals surface area contributed by atoms with Crippen molar-refractivity contribution in [3.8, 4) is 0 Å². The fraction of sp³-hybridized carbons (Fsp3) is 0.133. The van der Waals surface area contributed by atoms with E-state index in [-0.39, 0.29) is 17.1 Å². The molecule has 2 aliphatic carbocycles. The number of rotatable bonds is 1. The third kappa shape index (κ3) is 1.64. The van der Waals surface area contributed by atoms with E-state index in [4.69, 9.17) is 0 Å². The lowest BCUT2D eigenvalue weighted by atomic mass is 9.71. The maximum Gasteiger partial charge on any atom is 0.171 e. The molecule has 19 heavy (non-hydrogen) atoms. The van der Waals surface area contributed by atoms with Crippen LogP contribution in [0.1, 0.15) is 20.7 Å². The van der Waals surface area contributed by atoms with Crippen molar-refractivity contribution >= 4 is 17.5 Å². The Kier molecular flexibility index (Phi) is 2.45. The van der Waals surface area contributed by atoms with Crippen LogP contribution >= 0.6 is 0 Å². The fourth-order valence-electron chi connectivity index (χ4n) is 2.58. The molecule has 94 valence electrons. The molecule has 0 aromatic heterocycles. The number of hydrogen-bond donors (Lipinski definition) is 0. The van der Waals surface area contributed by atoms with Crippen LogP contribution in [0.25, 0.3) is 0 Å². The van der Waals surface area contributed by atoms with Crippen molar-refractivity contribution < 1.29 is 19.5 Å². The standard InChI is InChI=1S/C15H10O4/c16-13-9-3-1-2-4-10(9)14(17)12-7-8(15(18)19)5-6-11(12)13/h1-7,11-12H,(H,18,19)/p-1/t11-,12+/m1/s1. The molecule has 0 aliphatic heterocycles. The van der Waals surface area contributed by atoms with Gasteiger partial charge in [-0.25, -0.2) is 0 Å². The molecule has 1 aromatic carbocycles. The molecule has 2 atom stereocenters. The van der Waals surface area contributed by atoms with Crippen molar-refractivity contribution in [3.63, 3.8) is 0 Å². The summed E-state index contributed by atoms with van der Waals surface area (Å²) in [6.45, 7) is 0. The van der Waals surface area contributed by atoms with Crippen molar-refractivity contribution in [1.29, 1.82) is 0 Å². The molecule has 0 spiro atoms. The average Bonchev–Trinajstić information content (AvgIpc) is 2.44. The van der Waals surface area contributed by atoms with Crippen LogP contribution < -0.4 is 5.11 Å². The number of aliphatic carboxylic acids is 1. The minimum Gasteiger partial charge on any atom is -0.545 e. The number of ketones is 2. The number of Topliss-reactive ketones (excluding diaryl/α,β-unsaturated/α-hetero) is 2. The van der Waals surface area contributed by atoms with Crippen molar-refractivity contribution in [1.82, 2.24) is 0 Å². The van der Waals surface area contributed by atoms with Crippen LogP contribution in [0, 0.1) is 11.8 Å². The SMILES string of the molecule is O=C([O-])C1=C[C@@H]2C(=O)c3ccccc3C(=O)[C@@H]2C=C1. The van der Waals surface area contributed by atoms with E-state index in [2.05, 4.69) is 0 Å². The summed E-state index contributed by atoms with van der Waals surface area (Å²) in [6.07, 6.45) is 4.12. The van der Waals surface area contributed by atoms with E-state index < -0.39 is 17.8 Å². The Balaban J connectivity index is 2.13. The van der Waals surface area contributed by atoms with Gasteiger partial charge in [0, 0.05) is 11.1 Å². The van der Waals surface area contributed by atoms with Gasteiger partial charge in [-0.2, -0.15) is 0 Å². The summed E-state index contributed by atoms with van der Waals surface area (Å²) in [5, 5.41) is 10.8. The first-order valence-corrected chi connectivity index (χ1v) is 5.88. The van der Waals surface area contributed by atoms with Crippen LogP contribution in [0.15, 0.2) is 48.1 Å². The van der Waals surface area contributed by atoms with E-state index in [1.165, 1.54) is 18.2 Å². The van der Waals surface area contributed by atoms with Crippen molar-refractivity contribution in [2.75, 3.05) is 0 Å². The molecule has 0 N–H and O–H groups in total. The van der Waals surface area contributed by atoms with Gasteiger partial charge in [-0.1, -0.05) is 42.5 Å². The van der Waals surface area contributed by atoms with Gasteiger partial charge in [0.15, 0.2) is 11.6 Å². The van der Waals surface area contributed by atoms with Gasteiger partial charge in [0.05, 0.1) is 17.8 Å². The Labute approximate surface area is 109 Å². The highest BCUT2D eigenvalue weighted by Gasteiger charge is 2.39. The number of carbonyl (C=O) groups excluding carboxylic acids is 3. The molecule has 0 saturated heterocycles. The zero-order valence-electron chi connectivity index (χ0n) is 9.83. The molecule has 0 amide bonds. The van der Waals surface area contributed by atoms with Gasteiger partial charge in [-0.15, -0.1) is 0 Å². The molecule has 0 saturated carbocycles. The van der Waals surface area contributed by atoms with Gasteiger partial charge >= 0.3 is 0 Å². The molecule has 0 radical (unpaired) electrons. The maximum atomic E-state index is 12.3. The quantitative estimate of drug-likeness (QED) is 0.732. The number of carbonyl (C=O) groups is 3. The molecular formula is C15H9O4-. The molecule has 4 nitrogen and oxygen atoms in total. The largest absolute Gasteiger partial charge is 0.545 e. The number of hydrogen-bond acceptors (Lipinski definition) is 4. The number of carboxylic acid groups (broad SMARTS) is 1. The molecule has 2 aliphatic rings. The third-order valence-electron chi connectivity index (χ3n) is 3.53. The van der Waals surface area contributed by atoms with Gasteiger partial charge in [0.1, 0.15) is 0 Å². The zero-order valence-corrected chi connectivity index (χ0v) is 9.83. The van der Waals surface area contributed by atoms with Crippen molar-refractivity contribution in [2.45, 2.75) is 0 Å². The Bertz CT molecular complexity index is 666. The first kappa shape index (κ1) is 11.6. The lowest BCUT2D eigenvalue weighted by Crippen LogP contribution is -2.37. The topological polar surface area (TPSA) is 74.3 Å². The summed E-state index contributed by atoms with van der Waals surface area (Å²) in [5.41, 5.74) is 0.712. The first-order valence-electron chi connectivity index (χ1n) is 5.88. The highest BCUT2D eigenvalue weighted by molar-refractivity contribution is 6.17. The summed E-state index contributed by atoms with van der Waals surface area (Å²) in [4.78, 5) is 35.4. The first-order chi connectivity index (χ1) is 9.09. The van der Waals surface area contributed by atoms with Gasteiger partial charge in [0.2, 0.25) is 0 Å². The van der Waals surface area contributed by atoms with E-state index in [1.807, 2.05) is 0 Å². The molecule has 1 aromatic rings. The number of carboxylic acids is 1. The fourth-order valence-corrected chi connectivity index (χ4v) is 2.58. The molecule has 0 unspecified atom stereocenters. The minimum atomic E-state index is -1.34. The molecule has 0 fully saturated rings. The zero-order chi connectivity index (χ0) is 13.6. The summed E-state index contributed by atoms with van der Waals surface area (Å²) in [5.74, 6) is -3.05. The highest BCUT2D eigenvalue weighted by Crippen LogP contribution is 2.35. The summed E-state index contributed by atoms with van der Waals surface area (Å²) >= 11 is 0. The summed E-state index contributed by atoms with van der Waals surface area (Å²) < 4.78 is 0. The summed E-state index contributed by atoms with van der Waals surface area (Å²) in [7, 11) is 0. The van der Waals surface area contributed by atoms with Gasteiger partial charge in [-0.3, -0.25) is 9.59 Å². The van der Waals surface area contributed by atoms with Crippen LogP contribution in [0.2, 0.25) is 0 Å². The second-order valence-electron chi connectivity index (χ2n) is 4.59. The monoisotopic (exact) mass is 253 g/mol. The van der Waals surface area contributed by atoms with Crippen molar-refractivity contribution in [3.05, 3.63) is 59.2 Å². The smallest absolute Gasteiger partial charge is 0.171 e. The Hall–Kier alpha value is -2.49. The predicted octanol–water partition coefficient (Wildman–Crippen LogP) is 0.544. The Morgan fingerprint density at radius 3 is 2.16 bits per heavy atom. The Morgan fingerprint density at radius 1 is 1.00 bits per heavy atom. The van der Waals surface area contributed by atoms with E-state index in [9.17, 15) is 19.5 Å². The second-order valence-corrected chi connectivity index (χ2v) is 4.59. The number of fused-ring (bicyclic) bond motifs is 2. The lowest BCUT2D eigenvalue weighted by molar-refractivity contribution is -0.298. The minimum absolute atomic E-state index is 0.0539. The normalized spacial score (nSPS) is 24.5. The number of allylic oxidation sites excluding steroid dienone is 2. The predicted molar refractivity (Wildman–Crippen MR) is 64.3 cm³/mol. The van der Waals surface area contributed by atoms with Crippen LogP contribution in [0.3, 0.4) is 0 Å². The molecular weight excluding hydrogens is 244 g/mol.